The maximum atomic E-state index is 10.5. The summed E-state index contributed by atoms with van der Waals surface area (Å²) in [6.07, 6.45) is 5.45. The molecule has 2 aromatic rings. The zero-order valence-electron chi connectivity index (χ0n) is 13.2. The molecule has 1 spiro atoms. The smallest absolute Gasteiger partial charge is 0.251 e. The molecular weight excluding hydrogens is 288 g/mol. The van der Waals surface area contributed by atoms with Gasteiger partial charge in [-0.15, -0.1) is 0 Å². The standard InChI is InChI=1S/C20H22O3/c21-17(15-8-3-1-4-9-15)14-16-10-7-11-18-19(16)23-20(22-18)12-5-2-6-13-20/h1,3-4,7-11,17,21H,2,5-6,12-14H2. The predicted molar refractivity (Wildman–Crippen MR) is 88.6 cm³/mol. The first-order valence-electron chi connectivity index (χ1n) is 8.49. The highest BCUT2D eigenvalue weighted by Crippen LogP contribution is 2.47. The van der Waals surface area contributed by atoms with Crippen LogP contribution in [0, 0.1) is 0 Å². The molecule has 1 saturated carbocycles. The highest BCUT2D eigenvalue weighted by Gasteiger charge is 2.43. The van der Waals surface area contributed by atoms with Crippen molar-refractivity contribution in [1.29, 1.82) is 0 Å². The minimum Gasteiger partial charge on any atom is -0.448 e. The summed E-state index contributed by atoms with van der Waals surface area (Å²) >= 11 is 0. The SMILES string of the molecule is OC(Cc1cccc2c1OC1(CCCCC1)O2)c1ccccc1. The molecule has 2 aromatic carbocycles. The van der Waals surface area contributed by atoms with Gasteiger partial charge in [0.05, 0.1) is 6.10 Å². The zero-order valence-corrected chi connectivity index (χ0v) is 13.2. The van der Waals surface area contributed by atoms with E-state index in [0.717, 1.165) is 48.3 Å². The van der Waals surface area contributed by atoms with Gasteiger partial charge >= 0.3 is 0 Å². The maximum Gasteiger partial charge on any atom is 0.251 e. The Kier molecular flexibility index (Phi) is 3.74. The maximum absolute atomic E-state index is 10.5. The number of aliphatic hydroxyl groups excluding tert-OH is 1. The lowest BCUT2D eigenvalue weighted by Gasteiger charge is -2.31. The van der Waals surface area contributed by atoms with Crippen LogP contribution in [0.2, 0.25) is 0 Å². The second-order valence-electron chi connectivity index (χ2n) is 6.55. The van der Waals surface area contributed by atoms with Crippen molar-refractivity contribution in [1.82, 2.24) is 0 Å². The summed E-state index contributed by atoms with van der Waals surface area (Å²) in [6.45, 7) is 0. The van der Waals surface area contributed by atoms with Crippen LogP contribution in [0.5, 0.6) is 11.5 Å². The van der Waals surface area contributed by atoms with Crippen molar-refractivity contribution in [2.75, 3.05) is 0 Å². The van der Waals surface area contributed by atoms with Crippen molar-refractivity contribution < 1.29 is 14.6 Å². The number of fused-ring (bicyclic) bond motifs is 1. The van der Waals surface area contributed by atoms with Crippen molar-refractivity contribution in [2.24, 2.45) is 0 Å². The van der Waals surface area contributed by atoms with Crippen molar-refractivity contribution in [3.8, 4) is 11.5 Å². The second kappa shape index (κ2) is 5.89. The lowest BCUT2D eigenvalue weighted by Crippen LogP contribution is -2.40. The van der Waals surface area contributed by atoms with Crippen LogP contribution >= 0.6 is 0 Å². The van der Waals surface area contributed by atoms with Gasteiger partial charge in [-0.05, 0) is 24.5 Å². The van der Waals surface area contributed by atoms with Crippen LogP contribution in [0.1, 0.15) is 49.3 Å². The van der Waals surface area contributed by atoms with E-state index in [4.69, 9.17) is 9.47 Å². The van der Waals surface area contributed by atoms with Gasteiger partial charge in [0, 0.05) is 24.8 Å². The van der Waals surface area contributed by atoms with E-state index in [2.05, 4.69) is 0 Å². The monoisotopic (exact) mass is 310 g/mol. The normalized spacial score (nSPS) is 19.7. The fourth-order valence-electron chi connectivity index (χ4n) is 3.62. The van der Waals surface area contributed by atoms with E-state index < -0.39 is 11.9 Å². The van der Waals surface area contributed by atoms with E-state index in [1.807, 2.05) is 48.5 Å². The van der Waals surface area contributed by atoms with Gasteiger partial charge in [-0.3, -0.25) is 0 Å². The number of rotatable bonds is 3. The van der Waals surface area contributed by atoms with Crippen LogP contribution < -0.4 is 9.47 Å². The number of benzene rings is 2. The number of hydrogen-bond donors (Lipinski definition) is 1. The Morgan fingerprint density at radius 2 is 1.70 bits per heavy atom. The van der Waals surface area contributed by atoms with Crippen LogP contribution in [0.3, 0.4) is 0 Å². The molecule has 0 radical (unpaired) electrons. The van der Waals surface area contributed by atoms with Gasteiger partial charge in [0.2, 0.25) is 0 Å². The summed E-state index contributed by atoms with van der Waals surface area (Å²) in [6, 6.07) is 15.7. The Hall–Kier alpha value is -2.00. The Morgan fingerprint density at radius 3 is 2.48 bits per heavy atom. The first kappa shape index (κ1) is 14.6. The highest BCUT2D eigenvalue weighted by atomic mass is 16.7. The number of aliphatic hydroxyl groups is 1. The lowest BCUT2D eigenvalue weighted by atomic mass is 9.94. The average molecular weight is 310 g/mol. The third kappa shape index (κ3) is 2.81. The second-order valence-corrected chi connectivity index (χ2v) is 6.55. The number of hydrogen-bond acceptors (Lipinski definition) is 3. The largest absolute Gasteiger partial charge is 0.448 e. The Bertz CT molecular complexity index is 675. The molecule has 1 N–H and O–H groups in total. The van der Waals surface area contributed by atoms with Crippen molar-refractivity contribution in [3.05, 3.63) is 59.7 Å². The van der Waals surface area contributed by atoms with Gasteiger partial charge in [-0.2, -0.15) is 0 Å². The van der Waals surface area contributed by atoms with E-state index in [1.165, 1.54) is 6.42 Å². The minimum atomic E-state index is -0.533. The van der Waals surface area contributed by atoms with Crippen LogP contribution in [0.4, 0.5) is 0 Å². The van der Waals surface area contributed by atoms with Crippen LogP contribution in [0.15, 0.2) is 48.5 Å². The molecule has 120 valence electrons. The molecule has 0 saturated heterocycles. The van der Waals surface area contributed by atoms with Gasteiger partial charge in [0.25, 0.3) is 5.79 Å². The van der Waals surface area contributed by atoms with Crippen LogP contribution in [0.25, 0.3) is 0 Å². The number of ether oxygens (including phenoxy) is 2. The summed E-state index contributed by atoms with van der Waals surface area (Å²) in [4.78, 5) is 0. The van der Waals surface area contributed by atoms with Gasteiger partial charge in [0.1, 0.15) is 0 Å². The number of para-hydroxylation sites is 1. The fourth-order valence-corrected chi connectivity index (χ4v) is 3.62. The topological polar surface area (TPSA) is 38.7 Å². The Morgan fingerprint density at radius 1 is 0.913 bits per heavy atom. The first-order valence-corrected chi connectivity index (χ1v) is 8.49. The van der Waals surface area contributed by atoms with E-state index in [0.29, 0.717) is 6.42 Å². The molecule has 0 aromatic heterocycles. The zero-order chi connectivity index (χ0) is 15.7. The molecule has 1 unspecified atom stereocenters. The summed E-state index contributed by atoms with van der Waals surface area (Å²) < 4.78 is 12.4. The predicted octanol–water partition coefficient (Wildman–Crippen LogP) is 4.39. The molecule has 23 heavy (non-hydrogen) atoms. The summed E-state index contributed by atoms with van der Waals surface area (Å²) in [7, 11) is 0. The van der Waals surface area contributed by atoms with Crippen molar-refractivity contribution in [2.45, 2.75) is 50.4 Å². The third-order valence-corrected chi connectivity index (χ3v) is 4.86. The van der Waals surface area contributed by atoms with Gasteiger partial charge in [-0.1, -0.05) is 48.9 Å². The Balaban J connectivity index is 1.57. The minimum absolute atomic E-state index is 0.464. The molecule has 3 heteroatoms. The summed E-state index contributed by atoms with van der Waals surface area (Å²) in [5.74, 6) is 1.18. The average Bonchev–Trinajstić information content (AvgIpc) is 2.95. The van der Waals surface area contributed by atoms with E-state index in [1.54, 1.807) is 0 Å². The molecule has 1 aliphatic heterocycles. The van der Waals surface area contributed by atoms with E-state index in [-0.39, 0.29) is 0 Å². The van der Waals surface area contributed by atoms with Gasteiger partial charge in [-0.25, -0.2) is 0 Å². The van der Waals surface area contributed by atoms with Crippen LogP contribution in [-0.4, -0.2) is 10.9 Å². The van der Waals surface area contributed by atoms with E-state index >= 15 is 0 Å². The summed E-state index contributed by atoms with van der Waals surface area (Å²) in [5, 5.41) is 10.5. The van der Waals surface area contributed by atoms with Crippen molar-refractivity contribution >= 4 is 0 Å². The fraction of sp³-hybridized carbons (Fsp3) is 0.400. The molecule has 1 heterocycles. The molecule has 2 aliphatic rings. The molecule has 0 bridgehead atoms. The molecule has 4 rings (SSSR count). The van der Waals surface area contributed by atoms with Crippen LogP contribution in [-0.2, 0) is 6.42 Å². The van der Waals surface area contributed by atoms with Gasteiger partial charge < -0.3 is 14.6 Å². The molecular formula is C20H22O3. The lowest BCUT2D eigenvalue weighted by molar-refractivity contribution is -0.105. The molecule has 1 fully saturated rings. The third-order valence-electron chi connectivity index (χ3n) is 4.86. The van der Waals surface area contributed by atoms with Gasteiger partial charge in [0.15, 0.2) is 11.5 Å². The molecule has 0 amide bonds. The molecule has 1 aliphatic carbocycles. The first-order chi connectivity index (χ1) is 11.3. The molecule has 1 atom stereocenters. The van der Waals surface area contributed by atoms with Crippen molar-refractivity contribution in [3.63, 3.8) is 0 Å². The van der Waals surface area contributed by atoms with E-state index in [9.17, 15) is 5.11 Å². The Labute approximate surface area is 136 Å². The quantitative estimate of drug-likeness (QED) is 0.913. The molecule has 3 nitrogen and oxygen atoms in total. The highest BCUT2D eigenvalue weighted by molar-refractivity contribution is 5.50. The summed E-state index contributed by atoms with van der Waals surface area (Å²) in [5.41, 5.74) is 1.94.